The molecule has 3 atom stereocenters. The maximum Gasteiger partial charge on any atom is 0.159 e. The number of hydrogen-bond donors (Lipinski definition) is 0. The van der Waals surface area contributed by atoms with Gasteiger partial charge in [0.2, 0.25) is 0 Å². The Kier molecular flexibility index (Phi) is 8.18. The molecule has 6 aromatic carbocycles. The smallest absolute Gasteiger partial charge is 0.159 e. The normalized spacial score (nSPS) is 17.3. The Bertz CT molecular complexity index is 3880. The van der Waals surface area contributed by atoms with Gasteiger partial charge in [-0.1, -0.05) is 91.9 Å². The molecule has 2 aliphatic heterocycles. The van der Waals surface area contributed by atoms with Gasteiger partial charge in [-0.3, -0.25) is 0 Å². The first kappa shape index (κ1) is 37.3. The monoisotopic (exact) mass is 870 g/mol. The number of benzene rings is 6. The van der Waals surface area contributed by atoms with E-state index in [1.807, 2.05) is 12.3 Å². The summed E-state index contributed by atoms with van der Waals surface area (Å²) in [5, 5.41) is 22.2. The van der Waals surface area contributed by atoms with E-state index in [-0.39, 0.29) is 12.1 Å². The lowest BCUT2D eigenvalue weighted by molar-refractivity contribution is 0.251. The van der Waals surface area contributed by atoms with Gasteiger partial charge in [0.15, 0.2) is 11.8 Å². The molecule has 66 heavy (non-hydrogen) atoms. The Morgan fingerprint density at radius 1 is 0.712 bits per heavy atom. The molecule has 3 unspecified atom stereocenters. The molecule has 7 heterocycles. The van der Waals surface area contributed by atoms with E-state index >= 15 is 0 Å². The van der Waals surface area contributed by atoms with Crippen LogP contribution < -0.4 is 4.74 Å². The Balaban J connectivity index is 0.938. The number of aromatic nitrogens is 6. The van der Waals surface area contributed by atoms with Crippen LogP contribution in [-0.2, 0) is 6.42 Å². The lowest BCUT2D eigenvalue weighted by Crippen LogP contribution is -2.15. The van der Waals surface area contributed by atoms with Crippen molar-refractivity contribution < 1.29 is 4.74 Å². The van der Waals surface area contributed by atoms with Crippen molar-refractivity contribution in [1.29, 1.82) is 0 Å². The summed E-state index contributed by atoms with van der Waals surface area (Å²) in [4.78, 5) is 11.2. The van der Waals surface area contributed by atoms with Crippen molar-refractivity contribution in [2.24, 2.45) is 10.2 Å². The first-order valence-corrected chi connectivity index (χ1v) is 23.2. The van der Waals surface area contributed by atoms with Crippen molar-refractivity contribution in [3.8, 4) is 39.4 Å². The SMILES string of the molecule is CC1CC=Cc2c1c1cc(-c3cccc(-c4cnnc5c4OC4C=CN=NC54)c3)ccc1n2-c1cc(Cc2cnc3sc4ccccc4c3n2)cc(-n2c3ccccc3c3ccccc32)c1. The van der Waals surface area contributed by atoms with Crippen molar-refractivity contribution in [1.82, 2.24) is 29.3 Å². The summed E-state index contributed by atoms with van der Waals surface area (Å²) in [6.45, 7) is 2.35. The van der Waals surface area contributed by atoms with Gasteiger partial charge in [0.25, 0.3) is 0 Å². The Hall–Kier alpha value is -8.08. The molecule has 5 aromatic heterocycles. The molecule has 9 nitrogen and oxygen atoms in total. The van der Waals surface area contributed by atoms with Gasteiger partial charge in [0.05, 0.1) is 34.6 Å². The van der Waals surface area contributed by atoms with E-state index in [4.69, 9.17) is 14.7 Å². The first-order chi connectivity index (χ1) is 32.6. The maximum atomic E-state index is 6.40. The number of azo groups is 1. The summed E-state index contributed by atoms with van der Waals surface area (Å²) >= 11 is 1.70. The largest absolute Gasteiger partial charge is 0.481 e. The molecule has 0 saturated carbocycles. The molecule has 0 amide bonds. The van der Waals surface area contributed by atoms with E-state index in [9.17, 15) is 0 Å². The second-order valence-electron chi connectivity index (χ2n) is 17.6. The molecule has 0 N–H and O–H groups in total. The van der Waals surface area contributed by atoms with Crippen LogP contribution in [0.1, 0.15) is 53.5 Å². The van der Waals surface area contributed by atoms with Crippen molar-refractivity contribution >= 4 is 70.6 Å². The second-order valence-corrected chi connectivity index (χ2v) is 18.6. The Labute approximate surface area is 382 Å². The average Bonchev–Trinajstić information content (AvgIpc) is 4.12. The molecular weight excluding hydrogens is 833 g/mol. The molecule has 314 valence electrons. The molecule has 0 fully saturated rings. The van der Waals surface area contributed by atoms with Crippen LogP contribution >= 0.6 is 11.3 Å². The quantitative estimate of drug-likeness (QED) is 0.166. The molecule has 0 spiro atoms. The fraction of sp³-hybridized carbons (Fsp3) is 0.107. The fourth-order valence-corrected chi connectivity index (χ4v) is 11.6. The average molecular weight is 871 g/mol. The van der Waals surface area contributed by atoms with E-state index in [1.54, 1.807) is 23.7 Å². The molecule has 10 heteroatoms. The standard InChI is InChI=1S/C56H38N8OS/c1-32-10-8-18-48-51(32)43-28-35(34-11-9-12-36(27-34)44-31-59-62-54-53-49(65-55(44)54)22-23-58-61-53)20-21-47(43)64(48)39-26-33(24-37-30-57-56-52(60-37)42-15-4-7-19-50(42)66-56)25-38(29-39)63-45-16-5-2-13-40(45)41-14-3-6-17-46(41)63/h2-9,11-23,25-32,49,53H,10,24H2,1H3. The van der Waals surface area contributed by atoms with Crippen molar-refractivity contribution in [2.45, 2.75) is 37.8 Å². The molecule has 14 rings (SSSR count). The van der Waals surface area contributed by atoms with E-state index in [0.717, 1.165) is 78.5 Å². The minimum Gasteiger partial charge on any atom is -0.481 e. The maximum absolute atomic E-state index is 6.40. The zero-order valence-electron chi connectivity index (χ0n) is 35.7. The van der Waals surface area contributed by atoms with E-state index in [1.165, 1.54) is 48.7 Å². The highest BCUT2D eigenvalue weighted by Crippen LogP contribution is 2.47. The molecular formula is C56H38N8OS. The predicted octanol–water partition coefficient (Wildman–Crippen LogP) is 13.9. The zero-order chi connectivity index (χ0) is 43.5. The van der Waals surface area contributed by atoms with Gasteiger partial charge in [-0.05, 0) is 107 Å². The summed E-state index contributed by atoms with van der Waals surface area (Å²) in [7, 11) is 0. The third kappa shape index (κ3) is 5.71. The van der Waals surface area contributed by atoms with E-state index < -0.39 is 0 Å². The topological polar surface area (TPSA) is 95.4 Å². The molecule has 0 saturated heterocycles. The van der Waals surface area contributed by atoms with Crippen LogP contribution in [0.15, 0.2) is 174 Å². The lowest BCUT2D eigenvalue weighted by atomic mass is 9.89. The number of fused-ring (bicyclic) bond motifs is 12. The summed E-state index contributed by atoms with van der Waals surface area (Å²) in [6.07, 6.45) is 13.4. The first-order valence-electron chi connectivity index (χ1n) is 22.4. The molecule has 11 aromatic rings. The van der Waals surface area contributed by atoms with Crippen LogP contribution in [0.5, 0.6) is 5.75 Å². The van der Waals surface area contributed by atoms with Gasteiger partial charge in [-0.25, -0.2) is 9.97 Å². The van der Waals surface area contributed by atoms with Crippen molar-refractivity contribution in [2.75, 3.05) is 0 Å². The highest BCUT2D eigenvalue weighted by molar-refractivity contribution is 7.25. The van der Waals surface area contributed by atoms with Crippen molar-refractivity contribution in [3.63, 3.8) is 0 Å². The third-order valence-electron chi connectivity index (χ3n) is 13.6. The van der Waals surface area contributed by atoms with Gasteiger partial charge in [0, 0.05) is 61.5 Å². The van der Waals surface area contributed by atoms with Crippen LogP contribution in [0.2, 0.25) is 0 Å². The molecule has 0 radical (unpaired) electrons. The number of nitrogens with zero attached hydrogens (tertiary/aromatic N) is 8. The number of hydrogen-bond acceptors (Lipinski definition) is 8. The third-order valence-corrected chi connectivity index (χ3v) is 14.7. The predicted molar refractivity (Wildman–Crippen MR) is 265 cm³/mol. The highest BCUT2D eigenvalue weighted by atomic mass is 32.1. The van der Waals surface area contributed by atoms with Crippen LogP contribution in [-0.4, -0.2) is 35.4 Å². The van der Waals surface area contributed by atoms with Crippen molar-refractivity contribution in [3.05, 3.63) is 192 Å². The van der Waals surface area contributed by atoms with Gasteiger partial charge in [-0.2, -0.15) is 15.3 Å². The highest BCUT2D eigenvalue weighted by Gasteiger charge is 2.38. The lowest BCUT2D eigenvalue weighted by Gasteiger charge is -2.19. The second kappa shape index (κ2) is 14.5. The number of thiophene rings is 1. The summed E-state index contributed by atoms with van der Waals surface area (Å²) in [5.41, 5.74) is 16.3. The van der Waals surface area contributed by atoms with Gasteiger partial charge >= 0.3 is 0 Å². The number of rotatable bonds is 6. The zero-order valence-corrected chi connectivity index (χ0v) is 36.5. The van der Waals surface area contributed by atoms with E-state index in [2.05, 4.69) is 182 Å². The fourth-order valence-electron chi connectivity index (χ4n) is 10.6. The van der Waals surface area contributed by atoms with Crippen LogP contribution in [0.25, 0.3) is 92.8 Å². The van der Waals surface area contributed by atoms with Crippen LogP contribution in [0.3, 0.4) is 0 Å². The van der Waals surface area contributed by atoms with Gasteiger partial charge in [-0.15, -0.1) is 16.4 Å². The number of allylic oxidation sites excluding steroid dienone is 1. The minimum absolute atomic E-state index is 0.228. The summed E-state index contributed by atoms with van der Waals surface area (Å²) in [5.74, 6) is 1.05. The summed E-state index contributed by atoms with van der Waals surface area (Å²) < 4.78 is 12.5. The molecule has 3 aliphatic rings. The van der Waals surface area contributed by atoms with E-state index in [0.29, 0.717) is 12.3 Å². The van der Waals surface area contributed by atoms with Crippen LogP contribution in [0.4, 0.5) is 0 Å². The van der Waals surface area contributed by atoms with Gasteiger partial charge in [0.1, 0.15) is 22.1 Å². The number of para-hydroxylation sites is 2. The summed E-state index contributed by atoms with van der Waals surface area (Å²) in [6, 6.07) is 48.3. The molecule has 1 aliphatic carbocycles. The Morgan fingerprint density at radius 3 is 2.33 bits per heavy atom. The minimum atomic E-state index is -0.280. The van der Waals surface area contributed by atoms with Gasteiger partial charge < -0.3 is 13.9 Å². The van der Waals surface area contributed by atoms with Crippen LogP contribution in [0, 0.1) is 0 Å². The molecule has 0 bridgehead atoms. The number of ether oxygens (including phenoxy) is 1. The Morgan fingerprint density at radius 2 is 1.47 bits per heavy atom.